The van der Waals surface area contributed by atoms with E-state index in [0.717, 1.165) is 19.3 Å². The highest BCUT2D eigenvalue weighted by Gasteiger charge is 2.58. The van der Waals surface area contributed by atoms with E-state index in [1.165, 1.54) is 6.07 Å². The second-order valence-electron chi connectivity index (χ2n) is 8.13. The van der Waals surface area contributed by atoms with E-state index in [1.54, 1.807) is 36.4 Å². The number of nitro benzene ring substituents is 1. The number of anilines is 1. The monoisotopic (exact) mass is 447 g/mol. The van der Waals surface area contributed by atoms with E-state index in [9.17, 15) is 14.9 Å². The maximum atomic E-state index is 12.6. The van der Waals surface area contributed by atoms with Crippen molar-refractivity contribution in [2.24, 2.45) is 17.8 Å². The predicted octanol–water partition coefficient (Wildman–Crippen LogP) is 5.55. The number of amides is 1. The molecular weight excluding hydrogens is 425 g/mol. The van der Waals surface area contributed by atoms with E-state index < -0.39 is 4.92 Å². The first kappa shape index (κ1) is 20.9. The third-order valence-corrected chi connectivity index (χ3v) is 6.84. The molecule has 8 heteroatoms. The van der Waals surface area contributed by atoms with Crippen molar-refractivity contribution < 1.29 is 9.72 Å². The van der Waals surface area contributed by atoms with Gasteiger partial charge in [0.05, 0.1) is 4.92 Å². The number of nitrogens with zero attached hydrogens (tertiary/aromatic N) is 1. The number of carbonyl (C=O) groups excluding carboxylic acids is 1. The summed E-state index contributed by atoms with van der Waals surface area (Å²) in [6, 6.07) is 11.9. The Hall–Kier alpha value is -2.31. The van der Waals surface area contributed by atoms with Gasteiger partial charge in [-0.05, 0) is 73.4 Å². The van der Waals surface area contributed by atoms with E-state index in [4.69, 9.17) is 23.2 Å². The van der Waals surface area contributed by atoms with Gasteiger partial charge in [-0.1, -0.05) is 30.1 Å². The standard InChI is InChI=1S/C22H23Cl2N3O3/c1-2-18(26-22(28)12-3-5-13(23)6-4-12)21-16-10-15(11-17(16)21)25-19-8-7-14(24)9-20(19)27(29)30/h3-9,15-18,21,25H,2,10-11H2,1H3,(H,26,28)/t15?,16-,17+,18?,21?. The fourth-order valence-corrected chi connectivity index (χ4v) is 5.22. The van der Waals surface area contributed by atoms with E-state index >= 15 is 0 Å². The SMILES string of the molecule is CCC(NC(=O)c1ccc(Cl)cc1)C1[C@H]2CC(Nc3ccc(Cl)cc3[N+](=O)[O-])C[C@@H]12. The number of hydrogen-bond acceptors (Lipinski definition) is 4. The van der Waals surface area contributed by atoms with Crippen LogP contribution in [0.1, 0.15) is 36.5 Å². The number of halogens is 2. The summed E-state index contributed by atoms with van der Waals surface area (Å²) in [5.74, 6) is 1.45. The molecule has 0 spiro atoms. The molecule has 0 heterocycles. The third-order valence-electron chi connectivity index (χ3n) is 6.35. The minimum atomic E-state index is -0.411. The molecule has 0 aromatic heterocycles. The van der Waals surface area contributed by atoms with Crippen LogP contribution >= 0.6 is 23.2 Å². The van der Waals surface area contributed by atoms with Gasteiger partial charge in [0.15, 0.2) is 0 Å². The molecule has 2 aliphatic rings. The van der Waals surface area contributed by atoms with Gasteiger partial charge in [-0.3, -0.25) is 14.9 Å². The molecule has 0 aliphatic heterocycles. The lowest BCUT2D eigenvalue weighted by atomic mass is 9.98. The van der Waals surface area contributed by atoms with Crippen molar-refractivity contribution in [2.45, 2.75) is 38.3 Å². The molecule has 1 amide bonds. The first-order chi connectivity index (χ1) is 14.4. The number of benzene rings is 2. The van der Waals surface area contributed by atoms with Crippen molar-refractivity contribution in [3.05, 3.63) is 68.2 Å². The van der Waals surface area contributed by atoms with Gasteiger partial charge >= 0.3 is 0 Å². The summed E-state index contributed by atoms with van der Waals surface area (Å²) < 4.78 is 0. The maximum Gasteiger partial charge on any atom is 0.293 e. The molecule has 2 aromatic carbocycles. The molecule has 6 nitrogen and oxygen atoms in total. The molecule has 0 bridgehead atoms. The fourth-order valence-electron chi connectivity index (χ4n) is 4.93. The second-order valence-corrected chi connectivity index (χ2v) is 9.00. The van der Waals surface area contributed by atoms with E-state index in [0.29, 0.717) is 39.0 Å². The molecule has 2 saturated carbocycles. The summed E-state index contributed by atoms with van der Waals surface area (Å²) in [6.45, 7) is 2.09. The first-order valence-corrected chi connectivity index (χ1v) is 10.9. The Morgan fingerprint density at radius 1 is 1.13 bits per heavy atom. The number of hydrogen-bond donors (Lipinski definition) is 2. The minimum Gasteiger partial charge on any atom is -0.377 e. The van der Waals surface area contributed by atoms with Crippen LogP contribution in [-0.4, -0.2) is 22.9 Å². The van der Waals surface area contributed by atoms with Crippen molar-refractivity contribution >= 4 is 40.5 Å². The zero-order chi connectivity index (χ0) is 21.4. The van der Waals surface area contributed by atoms with Crippen molar-refractivity contribution in [3.8, 4) is 0 Å². The molecule has 2 aliphatic carbocycles. The molecule has 0 radical (unpaired) electrons. The van der Waals surface area contributed by atoms with Gasteiger partial charge in [-0.25, -0.2) is 0 Å². The number of carbonyl (C=O) groups is 1. The van der Waals surface area contributed by atoms with Gasteiger partial charge in [0.2, 0.25) is 0 Å². The van der Waals surface area contributed by atoms with Gasteiger partial charge in [0.25, 0.3) is 11.6 Å². The smallest absolute Gasteiger partial charge is 0.293 e. The lowest BCUT2D eigenvalue weighted by molar-refractivity contribution is -0.384. The highest BCUT2D eigenvalue weighted by Crippen LogP contribution is 2.60. The highest BCUT2D eigenvalue weighted by atomic mass is 35.5. The molecule has 2 fully saturated rings. The van der Waals surface area contributed by atoms with Gasteiger partial charge in [0, 0.05) is 33.8 Å². The van der Waals surface area contributed by atoms with Crippen LogP contribution in [0.25, 0.3) is 0 Å². The van der Waals surface area contributed by atoms with Crippen LogP contribution in [0.3, 0.4) is 0 Å². The molecule has 4 rings (SSSR count). The molecule has 5 atom stereocenters. The van der Waals surface area contributed by atoms with Crippen molar-refractivity contribution in [1.82, 2.24) is 5.32 Å². The van der Waals surface area contributed by atoms with Crippen LogP contribution in [0.2, 0.25) is 10.0 Å². The van der Waals surface area contributed by atoms with Crippen LogP contribution in [0, 0.1) is 27.9 Å². The summed E-state index contributed by atoms with van der Waals surface area (Å²) in [5.41, 5.74) is 1.12. The summed E-state index contributed by atoms with van der Waals surface area (Å²) in [5, 5.41) is 18.8. The molecule has 3 unspecified atom stereocenters. The van der Waals surface area contributed by atoms with Gasteiger partial charge in [-0.15, -0.1) is 0 Å². The van der Waals surface area contributed by atoms with E-state index in [2.05, 4.69) is 17.6 Å². The average molecular weight is 448 g/mol. The van der Waals surface area contributed by atoms with Crippen LogP contribution < -0.4 is 10.6 Å². The van der Waals surface area contributed by atoms with Gasteiger partial charge in [0.1, 0.15) is 5.69 Å². The zero-order valence-corrected chi connectivity index (χ0v) is 18.0. The number of rotatable bonds is 7. The van der Waals surface area contributed by atoms with Crippen LogP contribution in [0.4, 0.5) is 11.4 Å². The summed E-state index contributed by atoms with van der Waals surface area (Å²) in [7, 11) is 0. The van der Waals surface area contributed by atoms with Crippen LogP contribution in [0.5, 0.6) is 0 Å². The topological polar surface area (TPSA) is 84.3 Å². The average Bonchev–Trinajstić information content (AvgIpc) is 3.21. The zero-order valence-electron chi connectivity index (χ0n) is 16.5. The molecule has 30 heavy (non-hydrogen) atoms. The lowest BCUT2D eigenvalue weighted by Gasteiger charge is -2.22. The van der Waals surface area contributed by atoms with Crippen molar-refractivity contribution in [3.63, 3.8) is 0 Å². The Balaban J connectivity index is 1.35. The van der Waals surface area contributed by atoms with Crippen molar-refractivity contribution in [1.29, 1.82) is 0 Å². The van der Waals surface area contributed by atoms with Gasteiger partial charge in [-0.2, -0.15) is 0 Å². The Morgan fingerprint density at radius 2 is 1.77 bits per heavy atom. The Labute approximate surface area is 185 Å². The Kier molecular flexibility index (Phi) is 5.89. The number of nitro groups is 1. The predicted molar refractivity (Wildman–Crippen MR) is 118 cm³/mol. The highest BCUT2D eigenvalue weighted by molar-refractivity contribution is 6.31. The lowest BCUT2D eigenvalue weighted by Crippen LogP contribution is -2.38. The third kappa shape index (κ3) is 4.25. The summed E-state index contributed by atoms with van der Waals surface area (Å²) >= 11 is 11.8. The fraction of sp³-hybridized carbons (Fsp3) is 0.409. The first-order valence-electron chi connectivity index (χ1n) is 10.1. The van der Waals surface area contributed by atoms with Crippen molar-refractivity contribution in [2.75, 3.05) is 5.32 Å². The second kappa shape index (κ2) is 8.44. The normalized spacial score (nSPS) is 25.3. The molecular formula is C22H23Cl2N3O3. The number of nitrogens with one attached hydrogen (secondary N) is 2. The van der Waals surface area contributed by atoms with Crippen LogP contribution in [0.15, 0.2) is 42.5 Å². The molecule has 0 saturated heterocycles. The molecule has 2 aromatic rings. The number of fused-ring (bicyclic) bond motifs is 1. The van der Waals surface area contributed by atoms with Crippen LogP contribution in [-0.2, 0) is 0 Å². The Bertz CT molecular complexity index is 955. The molecule has 2 N–H and O–H groups in total. The summed E-state index contributed by atoms with van der Waals surface area (Å²) in [4.78, 5) is 23.5. The quantitative estimate of drug-likeness (QED) is 0.430. The summed E-state index contributed by atoms with van der Waals surface area (Å²) in [6.07, 6.45) is 2.77. The maximum absolute atomic E-state index is 12.6. The van der Waals surface area contributed by atoms with E-state index in [-0.39, 0.29) is 23.7 Å². The Morgan fingerprint density at radius 3 is 2.37 bits per heavy atom. The molecule has 158 valence electrons. The largest absolute Gasteiger partial charge is 0.377 e. The van der Waals surface area contributed by atoms with E-state index in [1.807, 2.05) is 0 Å². The minimum absolute atomic E-state index is 0.00119. The van der Waals surface area contributed by atoms with Gasteiger partial charge < -0.3 is 10.6 Å².